The van der Waals surface area contributed by atoms with Crippen LogP contribution in [0.25, 0.3) is 0 Å². The highest BCUT2D eigenvalue weighted by atomic mass is 16.5. The van der Waals surface area contributed by atoms with Gasteiger partial charge in [0.15, 0.2) is 11.5 Å². The zero-order valence-corrected chi connectivity index (χ0v) is 18.1. The molecule has 0 radical (unpaired) electrons. The molecule has 32 heavy (non-hydrogen) atoms. The number of ether oxygens (including phenoxy) is 3. The first-order chi connectivity index (χ1) is 15.7. The number of nitrogens with zero attached hydrogens (tertiary/aromatic N) is 3. The van der Waals surface area contributed by atoms with Gasteiger partial charge in [0, 0.05) is 42.8 Å². The first kappa shape index (κ1) is 21.8. The Morgan fingerprint density at radius 3 is 2.78 bits per heavy atom. The minimum absolute atomic E-state index is 0.00871. The number of hydrogen-bond donors (Lipinski definition) is 0. The number of amides is 1. The van der Waals surface area contributed by atoms with Gasteiger partial charge >= 0.3 is 0 Å². The lowest BCUT2D eigenvalue weighted by atomic mass is 10.1. The van der Waals surface area contributed by atoms with Crippen LogP contribution in [0.5, 0.6) is 11.5 Å². The van der Waals surface area contributed by atoms with Crippen molar-refractivity contribution in [3.8, 4) is 11.5 Å². The van der Waals surface area contributed by atoms with Crippen molar-refractivity contribution in [2.24, 2.45) is 0 Å². The molecule has 1 saturated heterocycles. The van der Waals surface area contributed by atoms with Gasteiger partial charge in [-0.05, 0) is 49.7 Å². The summed E-state index contributed by atoms with van der Waals surface area (Å²) >= 11 is 0. The fraction of sp³-hybridized carbons (Fsp3) is 0.320. The van der Waals surface area contributed by atoms with Gasteiger partial charge in [0.05, 0.1) is 25.0 Å². The average Bonchev–Trinajstić information content (AvgIpc) is 3.32. The largest absolute Gasteiger partial charge is 0.490 e. The van der Waals surface area contributed by atoms with E-state index in [1.54, 1.807) is 36.8 Å². The molecule has 0 unspecified atom stereocenters. The molecule has 7 heteroatoms. The SMILES string of the molecule is CCOc1cc(C(=O)N2CC[C@H](OCc3ccccn3)C2)ccc1OCc1cccnc1. The van der Waals surface area contributed by atoms with E-state index < -0.39 is 0 Å². The van der Waals surface area contributed by atoms with E-state index in [1.165, 1.54) is 0 Å². The van der Waals surface area contributed by atoms with Gasteiger partial charge in [0.2, 0.25) is 0 Å². The van der Waals surface area contributed by atoms with Crippen molar-refractivity contribution in [3.05, 3.63) is 83.9 Å². The molecule has 0 aliphatic carbocycles. The molecule has 2 aromatic heterocycles. The summed E-state index contributed by atoms with van der Waals surface area (Å²) < 4.78 is 17.6. The first-order valence-corrected chi connectivity index (χ1v) is 10.8. The summed E-state index contributed by atoms with van der Waals surface area (Å²) in [5, 5.41) is 0. The lowest BCUT2D eigenvalue weighted by molar-refractivity contribution is 0.0422. The van der Waals surface area contributed by atoms with Gasteiger partial charge in [-0.15, -0.1) is 0 Å². The Labute approximate surface area is 188 Å². The standard InChI is InChI=1S/C25H27N3O4/c1-2-30-24-14-20(8-9-23(24)32-17-19-6-5-11-26-15-19)25(29)28-13-10-22(16-28)31-18-21-7-3-4-12-27-21/h3-9,11-12,14-15,22H,2,10,13,16-18H2,1H3/t22-/m0/s1. The van der Waals surface area contributed by atoms with E-state index in [0.717, 1.165) is 17.7 Å². The molecule has 1 aliphatic heterocycles. The Hall–Kier alpha value is -3.45. The maximum absolute atomic E-state index is 13.1. The zero-order valence-electron chi connectivity index (χ0n) is 18.1. The minimum Gasteiger partial charge on any atom is -0.490 e. The molecule has 7 nitrogen and oxygen atoms in total. The second-order valence-electron chi connectivity index (χ2n) is 7.54. The molecule has 1 aliphatic rings. The van der Waals surface area contributed by atoms with Crippen LogP contribution in [0, 0.1) is 0 Å². The van der Waals surface area contributed by atoms with E-state index in [-0.39, 0.29) is 12.0 Å². The average molecular weight is 434 g/mol. The summed E-state index contributed by atoms with van der Waals surface area (Å²) in [4.78, 5) is 23.3. The van der Waals surface area contributed by atoms with Crippen LogP contribution in [0.15, 0.2) is 67.1 Å². The van der Waals surface area contributed by atoms with Crippen LogP contribution >= 0.6 is 0 Å². The molecule has 3 heterocycles. The van der Waals surface area contributed by atoms with E-state index in [9.17, 15) is 4.79 Å². The number of benzene rings is 1. The molecule has 0 saturated carbocycles. The molecular weight excluding hydrogens is 406 g/mol. The quantitative estimate of drug-likeness (QED) is 0.510. The van der Waals surface area contributed by atoms with Crippen LogP contribution in [0.3, 0.4) is 0 Å². The number of carbonyl (C=O) groups is 1. The fourth-order valence-electron chi connectivity index (χ4n) is 3.59. The lowest BCUT2D eigenvalue weighted by Gasteiger charge is -2.18. The number of likely N-dealkylation sites (tertiary alicyclic amines) is 1. The van der Waals surface area contributed by atoms with Crippen molar-refractivity contribution in [1.82, 2.24) is 14.9 Å². The molecule has 1 aromatic carbocycles. The predicted octanol–water partition coefficient (Wildman–Crippen LogP) is 3.89. The zero-order chi connectivity index (χ0) is 22.2. The summed E-state index contributed by atoms with van der Waals surface area (Å²) in [6.45, 7) is 4.44. The maximum atomic E-state index is 13.1. The first-order valence-electron chi connectivity index (χ1n) is 10.8. The summed E-state index contributed by atoms with van der Waals surface area (Å²) in [6.07, 6.45) is 6.06. The number of rotatable bonds is 9. The van der Waals surface area contributed by atoms with E-state index >= 15 is 0 Å². The van der Waals surface area contributed by atoms with Gasteiger partial charge < -0.3 is 19.1 Å². The Balaban J connectivity index is 1.37. The van der Waals surface area contributed by atoms with Crippen LogP contribution in [-0.4, -0.2) is 46.6 Å². The third kappa shape index (κ3) is 5.62. The maximum Gasteiger partial charge on any atom is 0.254 e. The molecule has 0 spiro atoms. The van der Waals surface area contributed by atoms with E-state index in [0.29, 0.717) is 50.0 Å². The molecular formula is C25H27N3O4. The van der Waals surface area contributed by atoms with Crippen molar-refractivity contribution in [2.45, 2.75) is 32.7 Å². The molecule has 0 N–H and O–H groups in total. The highest BCUT2D eigenvalue weighted by Gasteiger charge is 2.28. The second kappa shape index (κ2) is 10.7. The van der Waals surface area contributed by atoms with Gasteiger partial charge in [-0.25, -0.2) is 0 Å². The number of carbonyl (C=O) groups excluding carboxylic acids is 1. The highest BCUT2D eigenvalue weighted by molar-refractivity contribution is 5.95. The summed E-state index contributed by atoms with van der Waals surface area (Å²) in [7, 11) is 0. The van der Waals surface area contributed by atoms with Gasteiger partial charge in [-0.1, -0.05) is 12.1 Å². The van der Waals surface area contributed by atoms with Crippen LogP contribution < -0.4 is 9.47 Å². The third-order valence-corrected chi connectivity index (χ3v) is 5.23. The number of aromatic nitrogens is 2. The van der Waals surface area contributed by atoms with Crippen LogP contribution in [0.1, 0.15) is 35.0 Å². The smallest absolute Gasteiger partial charge is 0.254 e. The number of pyridine rings is 2. The lowest BCUT2D eigenvalue weighted by Crippen LogP contribution is -2.30. The van der Waals surface area contributed by atoms with Gasteiger partial charge in [0.25, 0.3) is 5.91 Å². The number of hydrogen-bond acceptors (Lipinski definition) is 6. The Kier molecular flexibility index (Phi) is 7.30. The van der Waals surface area contributed by atoms with Crippen LogP contribution in [-0.2, 0) is 18.0 Å². The molecule has 1 amide bonds. The van der Waals surface area contributed by atoms with Crippen molar-refractivity contribution in [2.75, 3.05) is 19.7 Å². The van der Waals surface area contributed by atoms with Gasteiger partial charge in [-0.2, -0.15) is 0 Å². The molecule has 3 aromatic rings. The fourth-order valence-corrected chi connectivity index (χ4v) is 3.59. The van der Waals surface area contributed by atoms with Crippen molar-refractivity contribution in [1.29, 1.82) is 0 Å². The topological polar surface area (TPSA) is 73.8 Å². The normalized spacial score (nSPS) is 15.5. The minimum atomic E-state index is -0.0336. The van der Waals surface area contributed by atoms with Crippen LogP contribution in [0.4, 0.5) is 0 Å². The molecule has 0 bridgehead atoms. The second-order valence-corrected chi connectivity index (χ2v) is 7.54. The van der Waals surface area contributed by atoms with E-state index in [4.69, 9.17) is 14.2 Å². The van der Waals surface area contributed by atoms with E-state index in [2.05, 4.69) is 9.97 Å². The van der Waals surface area contributed by atoms with Gasteiger partial charge in [0.1, 0.15) is 6.61 Å². The predicted molar refractivity (Wildman–Crippen MR) is 120 cm³/mol. The molecule has 4 rings (SSSR count). The molecule has 1 fully saturated rings. The molecule has 1 atom stereocenters. The molecule has 166 valence electrons. The Bertz CT molecular complexity index is 1010. The Morgan fingerprint density at radius 2 is 2.00 bits per heavy atom. The summed E-state index contributed by atoms with van der Waals surface area (Å²) in [6, 6.07) is 14.9. The monoisotopic (exact) mass is 433 g/mol. The van der Waals surface area contributed by atoms with Crippen molar-refractivity contribution < 1.29 is 19.0 Å². The third-order valence-electron chi connectivity index (χ3n) is 5.23. The van der Waals surface area contributed by atoms with Gasteiger partial charge in [-0.3, -0.25) is 14.8 Å². The summed E-state index contributed by atoms with van der Waals surface area (Å²) in [5.74, 6) is 1.13. The van der Waals surface area contributed by atoms with Crippen molar-refractivity contribution in [3.63, 3.8) is 0 Å². The summed E-state index contributed by atoms with van der Waals surface area (Å²) in [5.41, 5.74) is 2.43. The van der Waals surface area contributed by atoms with Crippen molar-refractivity contribution >= 4 is 5.91 Å². The van der Waals surface area contributed by atoms with E-state index in [1.807, 2.05) is 42.2 Å². The Morgan fingerprint density at radius 1 is 1.06 bits per heavy atom. The highest BCUT2D eigenvalue weighted by Crippen LogP contribution is 2.30. The van der Waals surface area contributed by atoms with Crippen LogP contribution in [0.2, 0.25) is 0 Å².